The van der Waals surface area contributed by atoms with Crippen molar-refractivity contribution in [3.05, 3.63) is 121 Å². The summed E-state index contributed by atoms with van der Waals surface area (Å²) in [5.41, 5.74) is 0. The summed E-state index contributed by atoms with van der Waals surface area (Å²) in [6.07, 6.45) is 3.72. The van der Waals surface area contributed by atoms with Gasteiger partial charge in [0.15, 0.2) is 0 Å². The summed E-state index contributed by atoms with van der Waals surface area (Å²) in [6, 6.07) is 44.3. The second-order valence-corrected chi connectivity index (χ2v) is 11.7. The van der Waals surface area contributed by atoms with Crippen LogP contribution in [0.15, 0.2) is 121 Å². The van der Waals surface area contributed by atoms with Crippen molar-refractivity contribution >= 4 is 37.1 Å². The molecule has 0 radical (unpaired) electrons. The Bertz CT molecular complexity index is 825. The minimum Gasteiger partial charge on any atom is -1.00 e. The van der Waals surface area contributed by atoms with Crippen LogP contribution in [0.1, 0.15) is 6.42 Å². The number of hydrogen-bond donors (Lipinski definition) is 0. The molecule has 4 rings (SSSR count). The molecule has 0 spiro atoms. The molecule has 0 atom stereocenters. The first-order chi connectivity index (χ1) is 14.4. The predicted molar refractivity (Wildman–Crippen MR) is 132 cm³/mol. The van der Waals surface area contributed by atoms with Crippen molar-refractivity contribution in [2.45, 2.75) is 6.42 Å². The summed E-state index contributed by atoms with van der Waals surface area (Å²) in [4.78, 5) is 0. The zero-order valence-corrected chi connectivity index (χ0v) is 21.9. The minimum absolute atomic E-state index is 0. The van der Waals surface area contributed by atoms with Crippen LogP contribution in [0.2, 0.25) is 0 Å². The molecule has 170 valence electrons. The van der Waals surface area contributed by atoms with E-state index in [1.54, 1.807) is 0 Å². The summed E-state index contributed by atoms with van der Waals surface area (Å²) >= 11 is 0. The molecule has 0 saturated carbocycles. The molecular weight excluding hydrogens is 516 g/mol. The van der Waals surface area contributed by atoms with E-state index in [1.165, 1.54) is 40.0 Å². The first-order valence-corrected chi connectivity index (χ1v) is 13.2. The average molecular weight is 542 g/mol. The molecule has 0 nitrogen and oxygen atoms in total. The van der Waals surface area contributed by atoms with Crippen LogP contribution in [0, 0.1) is 0 Å². The second kappa shape index (κ2) is 15.6. The Hall–Kier alpha value is -1.19. The topological polar surface area (TPSA) is 0 Å². The number of halogens is 2. The third-order valence-electron chi connectivity index (χ3n) is 5.03. The molecule has 32 heavy (non-hydrogen) atoms. The normalized spacial score (nSPS) is 10.1. The third-order valence-corrected chi connectivity index (χ3v) is 10.2. The maximum atomic E-state index is 2.30. The van der Waals surface area contributed by atoms with Gasteiger partial charge in [-0.2, -0.15) is 0 Å². The standard InChI is InChI=1S/C27H26P2.2ClH.Ni/c1-5-14-24(15-6-1)28(25-16-7-2-8-17-25)22-13-23-29(26-18-9-3-10-19-26)27-20-11-4-12-21-27;;;/h1-12,14-21H,13,22-23H2;2*1H;/p-2. The fourth-order valence-corrected chi connectivity index (χ4v) is 8.59. The first-order valence-electron chi connectivity index (χ1n) is 10.2. The van der Waals surface area contributed by atoms with Crippen LogP contribution in [0.5, 0.6) is 0 Å². The average Bonchev–Trinajstić information content (AvgIpc) is 2.81. The van der Waals surface area contributed by atoms with E-state index in [4.69, 9.17) is 0 Å². The fraction of sp³-hybridized carbons (Fsp3) is 0.111. The zero-order valence-electron chi connectivity index (χ0n) is 17.6. The van der Waals surface area contributed by atoms with E-state index in [0.29, 0.717) is 0 Å². The summed E-state index contributed by atoms with van der Waals surface area (Å²) in [5, 5.41) is 5.94. The molecule has 0 saturated heterocycles. The van der Waals surface area contributed by atoms with Crippen molar-refractivity contribution in [1.82, 2.24) is 0 Å². The molecule has 0 unspecified atom stereocenters. The van der Waals surface area contributed by atoms with E-state index in [-0.39, 0.29) is 57.1 Å². The van der Waals surface area contributed by atoms with Crippen LogP contribution in [0.4, 0.5) is 0 Å². The summed E-state index contributed by atoms with van der Waals surface area (Å²) < 4.78 is 0. The molecular formula is C27H26Cl2NiP2-2. The predicted octanol–water partition coefficient (Wildman–Crippen LogP) is -0.352. The Morgan fingerprint density at radius 1 is 0.375 bits per heavy atom. The van der Waals surface area contributed by atoms with Crippen LogP contribution < -0.4 is 46.0 Å². The van der Waals surface area contributed by atoms with Crippen molar-refractivity contribution in [2.24, 2.45) is 0 Å². The van der Waals surface area contributed by atoms with Crippen LogP contribution in [-0.2, 0) is 16.5 Å². The van der Waals surface area contributed by atoms with E-state index in [9.17, 15) is 0 Å². The van der Waals surface area contributed by atoms with Crippen molar-refractivity contribution < 1.29 is 41.3 Å². The monoisotopic (exact) mass is 540 g/mol. The van der Waals surface area contributed by atoms with Crippen molar-refractivity contribution in [2.75, 3.05) is 12.3 Å². The SMILES string of the molecule is [Cl-].[Cl-].[Ni].c1ccc(P(CCCP(c2ccccc2)c2ccccc2)c2ccccc2)cc1. The van der Waals surface area contributed by atoms with Gasteiger partial charge in [-0.25, -0.2) is 0 Å². The van der Waals surface area contributed by atoms with Gasteiger partial charge in [-0.15, -0.1) is 0 Å². The van der Waals surface area contributed by atoms with Crippen LogP contribution in [0.25, 0.3) is 0 Å². The maximum Gasteiger partial charge on any atom is 0 e. The van der Waals surface area contributed by atoms with Gasteiger partial charge in [0, 0.05) is 16.5 Å². The Morgan fingerprint density at radius 2 is 0.594 bits per heavy atom. The summed E-state index contributed by atoms with van der Waals surface area (Å²) in [7, 11) is -0.618. The van der Waals surface area contributed by atoms with Crippen LogP contribution >= 0.6 is 15.8 Å². The largest absolute Gasteiger partial charge is 1.00 e. The molecule has 0 amide bonds. The number of benzene rings is 4. The Labute approximate surface area is 217 Å². The Kier molecular flexibility index (Phi) is 14.1. The molecule has 0 aliphatic carbocycles. The molecule has 0 aromatic heterocycles. The molecule has 5 heteroatoms. The van der Waals surface area contributed by atoms with Crippen molar-refractivity contribution in [3.63, 3.8) is 0 Å². The molecule has 4 aromatic rings. The molecule has 4 aromatic carbocycles. The molecule has 0 heterocycles. The first kappa shape index (κ1) is 28.8. The van der Waals surface area contributed by atoms with Gasteiger partial charge in [-0.3, -0.25) is 0 Å². The maximum absolute atomic E-state index is 2.30. The summed E-state index contributed by atoms with van der Waals surface area (Å²) in [6.45, 7) is 0. The van der Waals surface area contributed by atoms with Gasteiger partial charge in [0.2, 0.25) is 0 Å². The van der Waals surface area contributed by atoms with E-state index in [1.807, 2.05) is 0 Å². The number of hydrogen-bond acceptors (Lipinski definition) is 0. The molecule has 0 N–H and O–H groups in total. The van der Waals surface area contributed by atoms with Crippen LogP contribution in [0.3, 0.4) is 0 Å². The van der Waals surface area contributed by atoms with Gasteiger partial charge in [-0.05, 0) is 55.8 Å². The van der Waals surface area contributed by atoms with Crippen molar-refractivity contribution in [1.29, 1.82) is 0 Å². The van der Waals surface area contributed by atoms with Gasteiger partial charge in [0.1, 0.15) is 0 Å². The zero-order chi connectivity index (χ0) is 19.7. The number of rotatable bonds is 8. The van der Waals surface area contributed by atoms with Gasteiger partial charge >= 0.3 is 0 Å². The Morgan fingerprint density at radius 3 is 0.812 bits per heavy atom. The van der Waals surface area contributed by atoms with Gasteiger partial charge in [0.25, 0.3) is 0 Å². The van der Waals surface area contributed by atoms with Gasteiger partial charge in [0.05, 0.1) is 0 Å². The fourth-order valence-electron chi connectivity index (χ4n) is 3.63. The third kappa shape index (κ3) is 7.99. The van der Waals surface area contributed by atoms with Gasteiger partial charge in [-0.1, -0.05) is 121 Å². The van der Waals surface area contributed by atoms with Crippen molar-refractivity contribution in [3.8, 4) is 0 Å². The molecule has 0 bridgehead atoms. The molecule has 0 aliphatic heterocycles. The quantitative estimate of drug-likeness (QED) is 0.211. The smallest absolute Gasteiger partial charge is 0 e. The van der Waals surface area contributed by atoms with Gasteiger partial charge < -0.3 is 24.8 Å². The second-order valence-electron chi connectivity index (χ2n) is 7.00. The molecule has 0 fully saturated rings. The Balaban J connectivity index is 0.00000171. The van der Waals surface area contributed by atoms with E-state index in [0.717, 1.165) is 0 Å². The van der Waals surface area contributed by atoms with E-state index in [2.05, 4.69) is 121 Å². The van der Waals surface area contributed by atoms with E-state index >= 15 is 0 Å². The van der Waals surface area contributed by atoms with E-state index < -0.39 is 0 Å². The van der Waals surface area contributed by atoms with Crippen LogP contribution in [-0.4, -0.2) is 12.3 Å². The summed E-state index contributed by atoms with van der Waals surface area (Å²) in [5.74, 6) is 0. The minimum atomic E-state index is -0.309. The molecule has 0 aliphatic rings.